The van der Waals surface area contributed by atoms with Crippen LogP contribution in [0.15, 0.2) is 23.1 Å². The number of nitrogens with one attached hydrogen (secondary N) is 1. The third-order valence-corrected chi connectivity index (χ3v) is 3.93. The van der Waals surface area contributed by atoms with Crippen LogP contribution in [0.5, 0.6) is 0 Å². The summed E-state index contributed by atoms with van der Waals surface area (Å²) in [6.07, 6.45) is 0. The van der Waals surface area contributed by atoms with E-state index < -0.39 is 10.0 Å². The van der Waals surface area contributed by atoms with Crippen molar-refractivity contribution in [2.75, 3.05) is 6.54 Å². The molecule has 0 saturated heterocycles. The first-order chi connectivity index (χ1) is 7.03. The van der Waals surface area contributed by atoms with Gasteiger partial charge in [0.1, 0.15) is 0 Å². The van der Waals surface area contributed by atoms with Crippen molar-refractivity contribution in [1.29, 1.82) is 0 Å². The minimum absolute atomic E-state index is 0.312. The van der Waals surface area contributed by atoms with Gasteiger partial charge in [-0.3, -0.25) is 0 Å². The third-order valence-electron chi connectivity index (χ3n) is 2.24. The van der Waals surface area contributed by atoms with Crippen LogP contribution in [-0.2, 0) is 16.6 Å². The molecule has 4 nitrogen and oxygen atoms in total. The molecule has 0 bridgehead atoms. The van der Waals surface area contributed by atoms with Gasteiger partial charge in [-0.15, -0.1) is 0 Å². The van der Waals surface area contributed by atoms with E-state index in [1.54, 1.807) is 26.0 Å². The van der Waals surface area contributed by atoms with Crippen LogP contribution in [-0.4, -0.2) is 15.0 Å². The molecule has 84 valence electrons. The highest BCUT2D eigenvalue weighted by atomic mass is 32.2. The molecule has 0 aromatic heterocycles. The smallest absolute Gasteiger partial charge is 0.240 e. The van der Waals surface area contributed by atoms with Crippen molar-refractivity contribution in [3.05, 3.63) is 29.3 Å². The highest BCUT2D eigenvalue weighted by Gasteiger charge is 2.16. The van der Waals surface area contributed by atoms with Crippen LogP contribution in [0.25, 0.3) is 0 Å². The molecule has 0 spiro atoms. The molecule has 0 aliphatic carbocycles. The van der Waals surface area contributed by atoms with E-state index in [9.17, 15) is 8.42 Å². The lowest BCUT2D eigenvalue weighted by Gasteiger charge is -2.10. The third kappa shape index (κ3) is 2.56. The Morgan fingerprint density at radius 1 is 1.40 bits per heavy atom. The normalized spacial score (nSPS) is 11.7. The van der Waals surface area contributed by atoms with Gasteiger partial charge in [0.15, 0.2) is 0 Å². The fraction of sp³-hybridized carbons (Fsp3) is 0.400. The zero-order chi connectivity index (χ0) is 11.5. The second-order valence-electron chi connectivity index (χ2n) is 3.25. The summed E-state index contributed by atoms with van der Waals surface area (Å²) in [5.41, 5.74) is 7.10. The van der Waals surface area contributed by atoms with Gasteiger partial charge in [0.25, 0.3) is 0 Å². The van der Waals surface area contributed by atoms with E-state index in [0.717, 1.165) is 11.1 Å². The lowest BCUT2D eigenvalue weighted by atomic mass is 10.1. The van der Waals surface area contributed by atoms with Crippen LogP contribution in [0, 0.1) is 6.92 Å². The van der Waals surface area contributed by atoms with Crippen molar-refractivity contribution in [2.24, 2.45) is 5.73 Å². The topological polar surface area (TPSA) is 72.2 Å². The second-order valence-corrected chi connectivity index (χ2v) is 4.98. The predicted octanol–water partition coefficient (Wildman–Crippen LogP) is 0.752. The fourth-order valence-electron chi connectivity index (χ4n) is 1.44. The van der Waals surface area contributed by atoms with Crippen LogP contribution in [0.2, 0.25) is 0 Å². The number of nitrogens with two attached hydrogens (primary N) is 1. The molecule has 0 atom stereocenters. The molecular weight excluding hydrogens is 212 g/mol. The summed E-state index contributed by atoms with van der Waals surface area (Å²) in [6, 6.07) is 5.13. The Labute approximate surface area is 90.5 Å². The van der Waals surface area contributed by atoms with E-state index >= 15 is 0 Å². The number of hydrogen-bond acceptors (Lipinski definition) is 3. The van der Waals surface area contributed by atoms with Crippen LogP contribution in [0.4, 0.5) is 0 Å². The molecule has 0 fully saturated rings. The number of hydrogen-bond donors (Lipinski definition) is 2. The molecule has 0 saturated carbocycles. The van der Waals surface area contributed by atoms with Gasteiger partial charge in [0, 0.05) is 13.1 Å². The summed E-state index contributed by atoms with van der Waals surface area (Å²) in [4.78, 5) is 0.312. The number of sulfonamides is 1. The minimum atomic E-state index is -3.38. The molecule has 0 aliphatic heterocycles. The zero-order valence-corrected chi connectivity index (χ0v) is 9.76. The van der Waals surface area contributed by atoms with Crippen LogP contribution in [0.1, 0.15) is 18.1 Å². The van der Waals surface area contributed by atoms with Crippen LogP contribution >= 0.6 is 0 Å². The first-order valence-electron chi connectivity index (χ1n) is 4.81. The molecule has 0 amide bonds. The van der Waals surface area contributed by atoms with Gasteiger partial charge in [-0.2, -0.15) is 0 Å². The van der Waals surface area contributed by atoms with Crippen molar-refractivity contribution >= 4 is 10.0 Å². The summed E-state index contributed by atoms with van der Waals surface area (Å²) in [7, 11) is -3.38. The SMILES string of the molecule is CCNS(=O)(=O)c1cccc(CN)c1C. The molecule has 0 heterocycles. The van der Waals surface area contributed by atoms with Crippen molar-refractivity contribution in [3.63, 3.8) is 0 Å². The molecule has 0 aliphatic rings. The maximum absolute atomic E-state index is 11.8. The molecule has 0 radical (unpaired) electrons. The number of rotatable bonds is 4. The van der Waals surface area contributed by atoms with E-state index in [-0.39, 0.29) is 0 Å². The van der Waals surface area contributed by atoms with Crippen molar-refractivity contribution in [2.45, 2.75) is 25.3 Å². The van der Waals surface area contributed by atoms with E-state index in [4.69, 9.17) is 5.73 Å². The Hall–Kier alpha value is -0.910. The molecule has 5 heteroatoms. The maximum Gasteiger partial charge on any atom is 0.240 e. The quantitative estimate of drug-likeness (QED) is 0.799. The molecule has 0 unspecified atom stereocenters. The predicted molar refractivity (Wildman–Crippen MR) is 59.9 cm³/mol. The van der Waals surface area contributed by atoms with Gasteiger partial charge >= 0.3 is 0 Å². The van der Waals surface area contributed by atoms with E-state index in [2.05, 4.69) is 4.72 Å². The maximum atomic E-state index is 11.8. The Balaban J connectivity index is 3.27. The van der Waals surface area contributed by atoms with Gasteiger partial charge < -0.3 is 5.73 Å². The van der Waals surface area contributed by atoms with Crippen molar-refractivity contribution in [1.82, 2.24) is 4.72 Å². The van der Waals surface area contributed by atoms with Crippen molar-refractivity contribution in [3.8, 4) is 0 Å². The molecule has 3 N–H and O–H groups in total. The summed E-state index contributed by atoms with van der Waals surface area (Å²) < 4.78 is 26.0. The van der Waals surface area contributed by atoms with Crippen LogP contribution in [0.3, 0.4) is 0 Å². The Morgan fingerprint density at radius 3 is 2.60 bits per heavy atom. The standard InChI is InChI=1S/C10H16N2O2S/c1-3-12-15(13,14)10-6-4-5-9(7-11)8(10)2/h4-6,12H,3,7,11H2,1-2H3. The monoisotopic (exact) mass is 228 g/mol. The first-order valence-corrected chi connectivity index (χ1v) is 6.29. The van der Waals surface area contributed by atoms with Crippen molar-refractivity contribution < 1.29 is 8.42 Å². The summed E-state index contributed by atoms with van der Waals surface area (Å²) in [5, 5.41) is 0. The zero-order valence-electron chi connectivity index (χ0n) is 8.95. The summed E-state index contributed by atoms with van der Waals surface area (Å²) in [6.45, 7) is 4.25. The molecule has 1 aromatic rings. The lowest BCUT2D eigenvalue weighted by molar-refractivity contribution is 0.583. The molecule has 1 aromatic carbocycles. The summed E-state index contributed by atoms with van der Waals surface area (Å²) in [5.74, 6) is 0. The lowest BCUT2D eigenvalue weighted by Crippen LogP contribution is -2.24. The van der Waals surface area contributed by atoms with Gasteiger partial charge in [0.05, 0.1) is 4.90 Å². The Kier molecular flexibility index (Phi) is 3.84. The second kappa shape index (κ2) is 4.74. The highest BCUT2D eigenvalue weighted by Crippen LogP contribution is 2.18. The largest absolute Gasteiger partial charge is 0.326 e. The average Bonchev–Trinajstić information content (AvgIpc) is 2.17. The van der Waals surface area contributed by atoms with Gasteiger partial charge in [0.2, 0.25) is 10.0 Å². The van der Waals surface area contributed by atoms with Gasteiger partial charge in [-0.25, -0.2) is 13.1 Å². The Morgan fingerprint density at radius 2 is 2.07 bits per heavy atom. The number of benzene rings is 1. The minimum Gasteiger partial charge on any atom is -0.326 e. The fourth-order valence-corrected chi connectivity index (χ4v) is 2.77. The van der Waals surface area contributed by atoms with E-state index in [1.807, 2.05) is 6.07 Å². The van der Waals surface area contributed by atoms with Crippen LogP contribution < -0.4 is 10.5 Å². The van der Waals surface area contributed by atoms with Gasteiger partial charge in [-0.05, 0) is 24.1 Å². The highest BCUT2D eigenvalue weighted by molar-refractivity contribution is 7.89. The molecule has 1 rings (SSSR count). The average molecular weight is 228 g/mol. The first kappa shape index (κ1) is 12.2. The van der Waals surface area contributed by atoms with E-state index in [0.29, 0.717) is 18.0 Å². The molecular formula is C10H16N2O2S. The molecule has 15 heavy (non-hydrogen) atoms. The van der Waals surface area contributed by atoms with E-state index in [1.165, 1.54) is 0 Å². The summed E-state index contributed by atoms with van der Waals surface area (Å²) >= 11 is 0. The van der Waals surface area contributed by atoms with Gasteiger partial charge in [-0.1, -0.05) is 19.1 Å². The Bertz CT molecular complexity index is 441.